The topological polar surface area (TPSA) is 17.1 Å². The number of carbonyl (C=O) groups is 1. The molecule has 0 radical (unpaired) electrons. The van der Waals surface area contributed by atoms with Crippen LogP contribution in [-0.2, 0) is 4.79 Å². The van der Waals surface area contributed by atoms with Gasteiger partial charge in [-0.25, -0.2) is 4.39 Å². The summed E-state index contributed by atoms with van der Waals surface area (Å²) >= 11 is 0. The molecule has 1 atom stereocenters. The van der Waals surface area contributed by atoms with Crippen LogP contribution in [0.15, 0.2) is 0 Å². The molecule has 11 heavy (non-hydrogen) atoms. The van der Waals surface area contributed by atoms with Crippen molar-refractivity contribution in [3.8, 4) is 0 Å². The number of aldehydes is 1. The summed E-state index contributed by atoms with van der Waals surface area (Å²) in [5.74, 6) is -0.153. The fraction of sp³-hybridized carbons (Fsp3) is 0.889. The van der Waals surface area contributed by atoms with Crippen LogP contribution in [0.25, 0.3) is 0 Å². The molecule has 1 unspecified atom stereocenters. The summed E-state index contributed by atoms with van der Waals surface area (Å²) in [5.41, 5.74) is -1.12. The molecule has 0 saturated heterocycles. The minimum Gasteiger partial charge on any atom is -0.303 e. The first-order valence-corrected chi connectivity index (χ1v) is 4.22. The molecule has 0 amide bonds. The van der Waals surface area contributed by atoms with Crippen molar-refractivity contribution in [2.24, 2.45) is 5.92 Å². The van der Waals surface area contributed by atoms with E-state index >= 15 is 0 Å². The normalized spacial score (nSPS) is 14.5. The molecule has 0 aliphatic heterocycles. The van der Waals surface area contributed by atoms with Crippen molar-refractivity contribution in [1.29, 1.82) is 0 Å². The first kappa shape index (κ1) is 10.6. The first-order chi connectivity index (χ1) is 5.08. The van der Waals surface area contributed by atoms with Gasteiger partial charge in [-0.3, -0.25) is 0 Å². The third kappa shape index (κ3) is 3.49. The molecule has 0 aliphatic rings. The van der Waals surface area contributed by atoms with Gasteiger partial charge in [-0.05, 0) is 19.3 Å². The van der Waals surface area contributed by atoms with Crippen LogP contribution in [0.3, 0.4) is 0 Å². The Bertz CT molecular complexity index is 119. The second kappa shape index (κ2) is 4.47. The van der Waals surface area contributed by atoms with Crippen molar-refractivity contribution in [1.82, 2.24) is 0 Å². The van der Waals surface area contributed by atoms with Gasteiger partial charge in [0.2, 0.25) is 0 Å². The molecule has 2 heteroatoms. The maximum Gasteiger partial charge on any atom is 0.122 e. The largest absolute Gasteiger partial charge is 0.303 e. The molecule has 0 bridgehead atoms. The molecule has 1 nitrogen and oxygen atoms in total. The summed E-state index contributed by atoms with van der Waals surface area (Å²) in [6.45, 7) is 5.40. The lowest BCUT2D eigenvalue weighted by Gasteiger charge is -2.23. The highest BCUT2D eigenvalue weighted by molar-refractivity contribution is 5.52. The quantitative estimate of drug-likeness (QED) is 0.565. The zero-order valence-corrected chi connectivity index (χ0v) is 7.56. The predicted molar refractivity (Wildman–Crippen MR) is 44.3 cm³/mol. The first-order valence-electron chi connectivity index (χ1n) is 4.22. The van der Waals surface area contributed by atoms with E-state index in [0.717, 1.165) is 6.29 Å². The average Bonchev–Trinajstić information content (AvgIpc) is 2.04. The zero-order valence-electron chi connectivity index (χ0n) is 7.56. The lowest BCUT2D eigenvalue weighted by molar-refractivity contribution is -0.111. The highest BCUT2D eigenvalue weighted by atomic mass is 19.1. The van der Waals surface area contributed by atoms with E-state index < -0.39 is 5.67 Å². The van der Waals surface area contributed by atoms with Crippen LogP contribution >= 0.6 is 0 Å². The highest BCUT2D eigenvalue weighted by Gasteiger charge is 2.26. The summed E-state index contributed by atoms with van der Waals surface area (Å²) in [4.78, 5) is 10.2. The molecule has 0 N–H and O–H groups in total. The molecule has 0 aromatic carbocycles. The summed E-state index contributed by atoms with van der Waals surface area (Å²) in [6, 6.07) is 0. The van der Waals surface area contributed by atoms with Crippen molar-refractivity contribution in [2.75, 3.05) is 0 Å². The minimum atomic E-state index is -1.12. The molecule has 0 aliphatic carbocycles. The number of hydrogen-bond donors (Lipinski definition) is 0. The van der Waals surface area contributed by atoms with Gasteiger partial charge in [-0.2, -0.15) is 0 Å². The average molecular weight is 160 g/mol. The predicted octanol–water partition coefficient (Wildman–Crippen LogP) is 2.74. The van der Waals surface area contributed by atoms with Gasteiger partial charge >= 0.3 is 0 Å². The third-order valence-electron chi connectivity index (χ3n) is 2.19. The van der Waals surface area contributed by atoms with Crippen molar-refractivity contribution in [3.63, 3.8) is 0 Å². The molecule has 0 fully saturated rings. The Labute approximate surface area is 68.0 Å². The van der Waals surface area contributed by atoms with Gasteiger partial charge in [0.1, 0.15) is 12.0 Å². The number of hydrogen-bond acceptors (Lipinski definition) is 1. The van der Waals surface area contributed by atoms with Crippen LogP contribution in [0, 0.1) is 5.92 Å². The van der Waals surface area contributed by atoms with Crippen molar-refractivity contribution in [3.05, 3.63) is 0 Å². The summed E-state index contributed by atoms with van der Waals surface area (Å²) in [7, 11) is 0. The Morgan fingerprint density at radius 1 is 1.45 bits per heavy atom. The van der Waals surface area contributed by atoms with Gasteiger partial charge in [0, 0.05) is 5.92 Å². The van der Waals surface area contributed by atoms with E-state index in [9.17, 15) is 9.18 Å². The Kier molecular flexibility index (Phi) is 4.31. The van der Waals surface area contributed by atoms with E-state index in [0.29, 0.717) is 19.3 Å². The maximum atomic E-state index is 13.5. The highest BCUT2D eigenvalue weighted by Crippen LogP contribution is 2.27. The van der Waals surface area contributed by atoms with Crippen molar-refractivity contribution >= 4 is 6.29 Å². The molecule has 0 saturated carbocycles. The second-order valence-corrected chi connectivity index (χ2v) is 3.18. The smallest absolute Gasteiger partial charge is 0.122 e. The van der Waals surface area contributed by atoms with Crippen LogP contribution in [0.1, 0.15) is 40.0 Å². The van der Waals surface area contributed by atoms with E-state index in [1.807, 2.05) is 13.8 Å². The molecule has 0 heterocycles. The fourth-order valence-electron chi connectivity index (χ4n) is 1.16. The SMILES string of the molecule is CCC(F)(CC)CC(C)C=O. The second-order valence-electron chi connectivity index (χ2n) is 3.18. The fourth-order valence-corrected chi connectivity index (χ4v) is 1.16. The van der Waals surface area contributed by atoms with Gasteiger partial charge in [-0.15, -0.1) is 0 Å². The summed E-state index contributed by atoms with van der Waals surface area (Å²) < 4.78 is 13.5. The van der Waals surface area contributed by atoms with Gasteiger partial charge in [0.15, 0.2) is 0 Å². The molecular formula is C9H17FO. The molecule has 66 valence electrons. The number of halogens is 1. The van der Waals surface area contributed by atoms with Crippen molar-refractivity contribution in [2.45, 2.75) is 45.7 Å². The van der Waals surface area contributed by atoms with E-state index in [1.54, 1.807) is 6.92 Å². The number of rotatable bonds is 5. The maximum absolute atomic E-state index is 13.5. The Morgan fingerprint density at radius 2 is 1.91 bits per heavy atom. The molecule has 0 rings (SSSR count). The van der Waals surface area contributed by atoms with Gasteiger partial charge < -0.3 is 4.79 Å². The van der Waals surface area contributed by atoms with E-state index in [1.165, 1.54) is 0 Å². The molecule has 0 aromatic heterocycles. The molecule has 0 spiro atoms. The number of carbonyl (C=O) groups excluding carboxylic acids is 1. The lowest BCUT2D eigenvalue weighted by Crippen LogP contribution is -2.24. The van der Waals surface area contributed by atoms with Crippen molar-refractivity contribution < 1.29 is 9.18 Å². The standard InChI is InChI=1S/C9H17FO/c1-4-9(10,5-2)6-8(3)7-11/h7-8H,4-6H2,1-3H3. The molecular weight excluding hydrogens is 143 g/mol. The zero-order chi connectivity index (χ0) is 8.91. The summed E-state index contributed by atoms with van der Waals surface area (Å²) in [5, 5.41) is 0. The van der Waals surface area contributed by atoms with Crippen LogP contribution in [-0.4, -0.2) is 12.0 Å². The summed E-state index contributed by atoms with van der Waals surface area (Å²) in [6.07, 6.45) is 2.19. The number of alkyl halides is 1. The van der Waals surface area contributed by atoms with Crippen LogP contribution in [0.2, 0.25) is 0 Å². The molecule has 0 aromatic rings. The Hall–Kier alpha value is -0.400. The van der Waals surface area contributed by atoms with Gasteiger partial charge in [-0.1, -0.05) is 20.8 Å². The Morgan fingerprint density at radius 3 is 2.18 bits per heavy atom. The van der Waals surface area contributed by atoms with Crippen LogP contribution < -0.4 is 0 Å². The minimum absolute atomic E-state index is 0.153. The van der Waals surface area contributed by atoms with E-state index in [2.05, 4.69) is 0 Å². The van der Waals surface area contributed by atoms with Crippen LogP contribution in [0.4, 0.5) is 4.39 Å². The van der Waals surface area contributed by atoms with Gasteiger partial charge in [0.25, 0.3) is 0 Å². The van der Waals surface area contributed by atoms with Crippen LogP contribution in [0.5, 0.6) is 0 Å². The van der Waals surface area contributed by atoms with E-state index in [-0.39, 0.29) is 5.92 Å². The Balaban J connectivity index is 3.95. The third-order valence-corrected chi connectivity index (χ3v) is 2.19. The van der Waals surface area contributed by atoms with Gasteiger partial charge in [0.05, 0.1) is 0 Å². The lowest BCUT2D eigenvalue weighted by atomic mass is 9.89. The monoisotopic (exact) mass is 160 g/mol. The van der Waals surface area contributed by atoms with E-state index in [4.69, 9.17) is 0 Å².